The van der Waals surface area contributed by atoms with Gasteiger partial charge in [0.2, 0.25) is 0 Å². The predicted octanol–water partition coefficient (Wildman–Crippen LogP) is 1.41. The van der Waals surface area contributed by atoms with E-state index in [0.717, 1.165) is 50.6 Å². The van der Waals surface area contributed by atoms with Crippen molar-refractivity contribution in [3.8, 4) is 0 Å². The van der Waals surface area contributed by atoms with Crippen LogP contribution >= 0.6 is 11.6 Å². The van der Waals surface area contributed by atoms with Crippen molar-refractivity contribution in [1.29, 1.82) is 0 Å². The second-order valence-electron chi connectivity index (χ2n) is 7.35. The van der Waals surface area contributed by atoms with E-state index < -0.39 is 0 Å². The van der Waals surface area contributed by atoms with Gasteiger partial charge in [-0.2, -0.15) is 0 Å². The number of hydrogen-bond acceptors (Lipinski definition) is 5. The molecule has 0 radical (unpaired) electrons. The van der Waals surface area contributed by atoms with E-state index in [2.05, 4.69) is 27.4 Å². The Kier molecular flexibility index (Phi) is 5.22. The number of morpholine rings is 1. The van der Waals surface area contributed by atoms with Crippen LogP contribution in [0.4, 0.5) is 10.5 Å². The number of halogens is 1. The van der Waals surface area contributed by atoms with E-state index in [1.54, 1.807) is 4.90 Å². The van der Waals surface area contributed by atoms with Gasteiger partial charge in [-0.05, 0) is 30.5 Å². The molecule has 1 aromatic rings. The number of urea groups is 1. The van der Waals surface area contributed by atoms with Crippen LogP contribution in [0.1, 0.15) is 18.4 Å². The smallest absolute Gasteiger partial charge is 0.331 e. The lowest BCUT2D eigenvalue weighted by atomic mass is 10.1. The first-order valence-electron chi connectivity index (χ1n) is 9.29. The summed E-state index contributed by atoms with van der Waals surface area (Å²) in [4.78, 5) is 18.2. The zero-order valence-electron chi connectivity index (χ0n) is 14.9. The van der Waals surface area contributed by atoms with Gasteiger partial charge in [0, 0.05) is 56.5 Å². The van der Waals surface area contributed by atoms with Gasteiger partial charge in [-0.25, -0.2) is 10.6 Å². The average Bonchev–Trinajstić information content (AvgIpc) is 3.01. The molecule has 3 saturated heterocycles. The maximum Gasteiger partial charge on any atom is 0.331 e. The van der Waals surface area contributed by atoms with Crippen molar-refractivity contribution in [2.45, 2.75) is 31.6 Å². The lowest BCUT2D eigenvalue weighted by molar-refractivity contribution is 0.0304. The summed E-state index contributed by atoms with van der Waals surface area (Å²) in [6.45, 7) is 5.79. The highest BCUT2D eigenvalue weighted by Gasteiger charge is 2.34. The Morgan fingerprint density at radius 3 is 2.54 bits per heavy atom. The summed E-state index contributed by atoms with van der Waals surface area (Å²) in [5, 5.41) is 0.770. The van der Waals surface area contributed by atoms with Gasteiger partial charge in [-0.15, -0.1) is 0 Å². The number of carbonyl (C=O) groups is 1. The Morgan fingerprint density at radius 2 is 1.88 bits per heavy atom. The van der Waals surface area contributed by atoms with Crippen LogP contribution in [0.15, 0.2) is 18.2 Å². The van der Waals surface area contributed by atoms with Gasteiger partial charge in [0.25, 0.3) is 0 Å². The van der Waals surface area contributed by atoms with Crippen LogP contribution in [0.2, 0.25) is 5.02 Å². The van der Waals surface area contributed by atoms with Crippen LogP contribution in [0.25, 0.3) is 0 Å². The van der Waals surface area contributed by atoms with Gasteiger partial charge in [0.1, 0.15) is 0 Å². The maximum atomic E-state index is 11.6. The highest BCUT2D eigenvalue weighted by Crippen LogP contribution is 2.33. The van der Waals surface area contributed by atoms with E-state index in [0.29, 0.717) is 25.3 Å². The minimum Gasteiger partial charge on any atom is -0.371 e. The third kappa shape index (κ3) is 3.76. The summed E-state index contributed by atoms with van der Waals surface area (Å²) < 4.78 is 5.98. The van der Waals surface area contributed by atoms with E-state index >= 15 is 0 Å². The Balaban J connectivity index is 1.45. The predicted molar refractivity (Wildman–Crippen MR) is 101 cm³/mol. The number of ether oxygens (including phenoxy) is 1. The van der Waals surface area contributed by atoms with Gasteiger partial charge in [0.15, 0.2) is 0 Å². The average molecular weight is 380 g/mol. The third-order valence-electron chi connectivity index (χ3n) is 5.61. The number of benzene rings is 1. The molecular weight excluding hydrogens is 354 g/mol. The maximum absolute atomic E-state index is 11.6. The SMILES string of the molecule is NNC(=O)N1CCN(Cc2ccc(Cl)cc2N2CC3CCC(C2)O3)CC1. The topological polar surface area (TPSA) is 74.1 Å². The fourth-order valence-electron chi connectivity index (χ4n) is 4.22. The molecule has 2 unspecified atom stereocenters. The lowest BCUT2D eigenvalue weighted by Gasteiger charge is -2.37. The summed E-state index contributed by atoms with van der Waals surface area (Å²) in [5.74, 6) is 5.22. The zero-order valence-corrected chi connectivity index (χ0v) is 15.6. The molecule has 3 fully saturated rings. The van der Waals surface area contributed by atoms with Gasteiger partial charge in [-0.3, -0.25) is 10.3 Å². The van der Waals surface area contributed by atoms with Crippen molar-refractivity contribution in [3.05, 3.63) is 28.8 Å². The Hall–Kier alpha value is -1.54. The van der Waals surface area contributed by atoms with E-state index in [1.165, 1.54) is 11.3 Å². The normalized spacial score (nSPS) is 26.2. The molecule has 142 valence electrons. The lowest BCUT2D eigenvalue weighted by Crippen LogP contribution is -2.52. The molecule has 0 saturated carbocycles. The van der Waals surface area contributed by atoms with Gasteiger partial charge in [-0.1, -0.05) is 17.7 Å². The van der Waals surface area contributed by atoms with Crippen LogP contribution in [-0.2, 0) is 11.3 Å². The van der Waals surface area contributed by atoms with Crippen molar-refractivity contribution in [3.63, 3.8) is 0 Å². The number of carbonyl (C=O) groups excluding carboxylic acids is 1. The molecule has 3 aliphatic heterocycles. The molecule has 8 heteroatoms. The first-order chi connectivity index (χ1) is 12.6. The summed E-state index contributed by atoms with van der Waals surface area (Å²) in [6, 6.07) is 5.97. The fourth-order valence-corrected chi connectivity index (χ4v) is 4.38. The quantitative estimate of drug-likeness (QED) is 0.472. The van der Waals surface area contributed by atoms with Crippen LogP contribution in [0, 0.1) is 0 Å². The molecular formula is C18H26ClN5O2. The third-order valence-corrected chi connectivity index (χ3v) is 5.84. The van der Waals surface area contributed by atoms with Crippen molar-refractivity contribution < 1.29 is 9.53 Å². The van der Waals surface area contributed by atoms with E-state index in [-0.39, 0.29) is 6.03 Å². The Morgan fingerprint density at radius 1 is 1.19 bits per heavy atom. The molecule has 0 spiro atoms. The van der Waals surface area contributed by atoms with E-state index in [1.807, 2.05) is 6.07 Å². The summed E-state index contributed by atoms with van der Waals surface area (Å²) in [7, 11) is 0. The van der Waals surface area contributed by atoms with Crippen LogP contribution < -0.4 is 16.2 Å². The highest BCUT2D eigenvalue weighted by atomic mass is 35.5. The first-order valence-corrected chi connectivity index (χ1v) is 9.67. The van der Waals surface area contributed by atoms with E-state index in [4.69, 9.17) is 22.2 Å². The molecule has 26 heavy (non-hydrogen) atoms. The largest absolute Gasteiger partial charge is 0.371 e. The second kappa shape index (κ2) is 7.60. The second-order valence-corrected chi connectivity index (χ2v) is 7.78. The number of amides is 2. The standard InChI is InChI=1S/C18H26ClN5O2/c19-14-2-1-13(10-22-5-7-23(8-6-22)18(25)21-20)17(9-14)24-11-15-3-4-16(12-24)26-15/h1-2,9,15-16H,3-8,10-12,20H2,(H,21,25). The molecule has 2 amide bonds. The zero-order chi connectivity index (χ0) is 18.1. The number of nitrogens with zero attached hydrogens (tertiary/aromatic N) is 3. The molecule has 1 aromatic carbocycles. The van der Waals surface area contributed by atoms with Crippen molar-refractivity contribution >= 4 is 23.3 Å². The van der Waals surface area contributed by atoms with Gasteiger partial charge in [0.05, 0.1) is 12.2 Å². The molecule has 4 rings (SSSR count). The number of anilines is 1. The Labute approximate surface area is 159 Å². The van der Waals surface area contributed by atoms with Crippen LogP contribution in [-0.4, -0.2) is 67.3 Å². The molecule has 3 heterocycles. The van der Waals surface area contributed by atoms with Crippen molar-refractivity contribution in [1.82, 2.24) is 15.2 Å². The highest BCUT2D eigenvalue weighted by molar-refractivity contribution is 6.30. The number of hydrogen-bond donors (Lipinski definition) is 2. The van der Waals surface area contributed by atoms with Crippen LogP contribution in [0.5, 0.6) is 0 Å². The fraction of sp³-hybridized carbons (Fsp3) is 0.611. The van der Waals surface area contributed by atoms with Gasteiger partial charge >= 0.3 is 6.03 Å². The number of nitrogens with two attached hydrogens (primary N) is 1. The van der Waals surface area contributed by atoms with Crippen molar-refractivity contribution in [2.75, 3.05) is 44.2 Å². The summed E-state index contributed by atoms with van der Waals surface area (Å²) in [6.07, 6.45) is 3.00. The van der Waals surface area contributed by atoms with Gasteiger partial charge < -0.3 is 14.5 Å². The molecule has 2 atom stereocenters. The minimum absolute atomic E-state index is 0.208. The molecule has 3 aliphatic rings. The number of nitrogens with one attached hydrogen (secondary N) is 1. The summed E-state index contributed by atoms with van der Waals surface area (Å²) >= 11 is 6.30. The number of rotatable bonds is 3. The molecule has 3 N–H and O–H groups in total. The molecule has 7 nitrogen and oxygen atoms in total. The van der Waals surface area contributed by atoms with Crippen LogP contribution in [0.3, 0.4) is 0 Å². The monoisotopic (exact) mass is 379 g/mol. The Bertz CT molecular complexity index is 653. The van der Waals surface area contributed by atoms with Crippen molar-refractivity contribution in [2.24, 2.45) is 5.84 Å². The molecule has 0 aromatic heterocycles. The number of hydrazine groups is 1. The molecule has 0 aliphatic carbocycles. The molecule has 2 bridgehead atoms. The number of piperazine rings is 1. The first kappa shape index (κ1) is 17.9. The number of fused-ring (bicyclic) bond motifs is 2. The van der Waals surface area contributed by atoms with E-state index in [9.17, 15) is 4.79 Å². The summed E-state index contributed by atoms with van der Waals surface area (Å²) in [5.41, 5.74) is 4.71. The minimum atomic E-state index is -0.208.